The highest BCUT2D eigenvalue weighted by atomic mass is 16.7. The number of amidine groups is 1. The summed E-state index contributed by atoms with van der Waals surface area (Å²) >= 11 is 0. The molecule has 3 aliphatic rings. The fourth-order valence-electron chi connectivity index (χ4n) is 3.42. The number of nitrogens with zero attached hydrogens (tertiary/aromatic N) is 1. The molecular weight excluding hydrogens is 352 g/mol. The summed E-state index contributed by atoms with van der Waals surface area (Å²) in [6.45, 7) is 8.24. The first-order valence-electron chi connectivity index (χ1n) is 10.1. The average Bonchev–Trinajstić information content (AvgIpc) is 3.25. The van der Waals surface area contributed by atoms with Crippen LogP contribution in [0.15, 0.2) is 47.5 Å². The molecule has 0 atom stereocenters. The van der Waals surface area contributed by atoms with Crippen LogP contribution in [-0.4, -0.2) is 18.5 Å². The van der Waals surface area contributed by atoms with Gasteiger partial charge in [-0.15, -0.1) is 0 Å². The van der Waals surface area contributed by atoms with E-state index in [1.807, 2.05) is 70.2 Å². The van der Waals surface area contributed by atoms with Gasteiger partial charge in [-0.05, 0) is 42.2 Å². The van der Waals surface area contributed by atoms with Gasteiger partial charge < -0.3 is 14.8 Å². The van der Waals surface area contributed by atoms with Crippen LogP contribution in [-0.2, 0) is 16.6 Å². The van der Waals surface area contributed by atoms with E-state index in [2.05, 4.69) is 10.3 Å². The molecule has 0 aromatic heterocycles. The zero-order valence-corrected chi connectivity index (χ0v) is 17.0. The lowest BCUT2D eigenvalue weighted by Gasteiger charge is -2.16. The Bertz CT molecular complexity index is 885. The van der Waals surface area contributed by atoms with Gasteiger partial charge in [0.05, 0.1) is 11.1 Å². The molecule has 148 valence electrons. The van der Waals surface area contributed by atoms with Crippen LogP contribution in [0.5, 0.6) is 11.5 Å². The summed E-state index contributed by atoms with van der Waals surface area (Å²) in [7, 11) is 0. The Morgan fingerprint density at radius 3 is 2.43 bits per heavy atom. The number of para-hydroxylation sites is 1. The summed E-state index contributed by atoms with van der Waals surface area (Å²) in [5.74, 6) is 2.21. The summed E-state index contributed by atoms with van der Waals surface area (Å²) in [6.07, 6.45) is 2.37. The number of ether oxygens (including phenoxy) is 2. The van der Waals surface area contributed by atoms with Crippen molar-refractivity contribution in [1.82, 2.24) is 5.32 Å². The molecule has 2 aromatic rings. The fourth-order valence-corrected chi connectivity index (χ4v) is 3.42. The second-order valence-electron chi connectivity index (χ2n) is 6.47. The van der Waals surface area contributed by atoms with Gasteiger partial charge in [0, 0.05) is 6.42 Å². The molecule has 0 bridgehead atoms. The zero-order chi connectivity index (χ0) is 20.1. The molecule has 0 spiro atoms. The van der Waals surface area contributed by atoms with Gasteiger partial charge in [-0.1, -0.05) is 52.0 Å². The van der Waals surface area contributed by atoms with Crippen LogP contribution in [0.4, 0.5) is 5.69 Å². The molecule has 1 amide bonds. The van der Waals surface area contributed by atoms with Gasteiger partial charge in [0.2, 0.25) is 12.7 Å². The van der Waals surface area contributed by atoms with E-state index in [1.165, 1.54) is 0 Å². The zero-order valence-electron chi connectivity index (χ0n) is 17.0. The average molecular weight is 380 g/mol. The minimum absolute atomic E-state index is 0.0212. The van der Waals surface area contributed by atoms with E-state index in [-0.39, 0.29) is 12.7 Å². The van der Waals surface area contributed by atoms with Gasteiger partial charge >= 0.3 is 0 Å². The molecule has 0 radical (unpaired) electrons. The van der Waals surface area contributed by atoms with Crippen molar-refractivity contribution in [3.05, 3.63) is 53.6 Å². The smallest absolute Gasteiger partial charge is 0.235 e. The Morgan fingerprint density at radius 2 is 1.71 bits per heavy atom. The summed E-state index contributed by atoms with van der Waals surface area (Å²) in [4.78, 5) is 17.4. The van der Waals surface area contributed by atoms with Crippen molar-refractivity contribution >= 4 is 17.4 Å². The van der Waals surface area contributed by atoms with Gasteiger partial charge in [0.25, 0.3) is 0 Å². The minimum atomic E-state index is -0.460. The van der Waals surface area contributed by atoms with Gasteiger partial charge in [0.15, 0.2) is 11.5 Å². The van der Waals surface area contributed by atoms with Crippen LogP contribution < -0.4 is 14.8 Å². The van der Waals surface area contributed by atoms with E-state index in [9.17, 15) is 4.79 Å². The summed E-state index contributed by atoms with van der Waals surface area (Å²) in [5.41, 5.74) is 2.62. The maximum absolute atomic E-state index is 12.9. The molecule has 1 N–H and O–H groups in total. The first-order chi connectivity index (χ1) is 13.7. The Labute approximate surface area is 166 Å². The molecule has 2 aliphatic heterocycles. The lowest BCUT2D eigenvalue weighted by molar-refractivity contribution is -0.122. The van der Waals surface area contributed by atoms with E-state index >= 15 is 0 Å². The second-order valence-corrected chi connectivity index (χ2v) is 6.47. The van der Waals surface area contributed by atoms with E-state index in [0.717, 1.165) is 47.0 Å². The molecule has 2 aromatic carbocycles. The quantitative estimate of drug-likeness (QED) is 0.806. The van der Waals surface area contributed by atoms with E-state index in [4.69, 9.17) is 9.47 Å². The highest BCUT2D eigenvalue weighted by molar-refractivity contribution is 6.07. The molecule has 1 aliphatic carbocycles. The molecule has 0 unspecified atom stereocenters. The Balaban J connectivity index is 0.000000531. The molecule has 0 saturated heterocycles. The maximum Gasteiger partial charge on any atom is 0.235 e. The molecule has 5 rings (SSSR count). The number of hydrogen-bond acceptors (Lipinski definition) is 4. The van der Waals surface area contributed by atoms with Gasteiger partial charge in [-0.3, -0.25) is 4.79 Å². The fraction of sp³-hybridized carbons (Fsp3) is 0.391. The van der Waals surface area contributed by atoms with Crippen LogP contribution in [0.2, 0.25) is 0 Å². The Kier molecular flexibility index (Phi) is 6.02. The monoisotopic (exact) mass is 380 g/mol. The molecule has 5 nitrogen and oxygen atoms in total. The third kappa shape index (κ3) is 3.61. The summed E-state index contributed by atoms with van der Waals surface area (Å²) in [5, 5.41) is 3.03. The molecular formula is C23H28N2O3. The van der Waals surface area contributed by atoms with Crippen molar-refractivity contribution in [2.24, 2.45) is 4.99 Å². The third-order valence-electron chi connectivity index (χ3n) is 4.97. The highest BCUT2D eigenvalue weighted by Gasteiger charge is 2.52. The van der Waals surface area contributed by atoms with Gasteiger partial charge in [-0.25, -0.2) is 4.99 Å². The minimum Gasteiger partial charge on any atom is -0.454 e. The van der Waals surface area contributed by atoms with E-state index < -0.39 is 5.41 Å². The van der Waals surface area contributed by atoms with Crippen molar-refractivity contribution in [3.8, 4) is 11.5 Å². The van der Waals surface area contributed by atoms with Crippen LogP contribution >= 0.6 is 0 Å². The van der Waals surface area contributed by atoms with Crippen LogP contribution in [0, 0.1) is 0 Å². The number of carbonyl (C=O) groups is 1. The second kappa shape index (κ2) is 8.46. The normalized spacial score (nSPS) is 16.5. The number of amides is 1. The number of aliphatic imine (C=N–C) groups is 1. The Morgan fingerprint density at radius 1 is 1.00 bits per heavy atom. The molecule has 28 heavy (non-hydrogen) atoms. The molecule has 1 saturated carbocycles. The number of carbonyl (C=O) groups excluding carboxylic acids is 1. The van der Waals surface area contributed by atoms with Crippen molar-refractivity contribution in [2.45, 2.75) is 52.4 Å². The van der Waals surface area contributed by atoms with E-state index in [0.29, 0.717) is 6.42 Å². The maximum atomic E-state index is 12.9. The topological polar surface area (TPSA) is 59.9 Å². The van der Waals surface area contributed by atoms with Crippen LogP contribution in [0.1, 0.15) is 51.7 Å². The Hall–Kier alpha value is -2.82. The predicted molar refractivity (Wildman–Crippen MR) is 112 cm³/mol. The largest absolute Gasteiger partial charge is 0.454 e. The standard InChI is InChI=1S/C19H16N2O3.2C2H6/c22-18(21-17-9-12-3-1-2-4-14(12)20-17)19(7-8-19)13-5-6-15-16(10-13)24-11-23-15;2*1-2/h1-6,10H,7-9,11H2,(H,20,21,22);2*1-2H3. The molecule has 1 fully saturated rings. The number of hydrogen-bond donors (Lipinski definition) is 1. The molecule has 2 heterocycles. The van der Waals surface area contributed by atoms with Crippen LogP contribution in [0.25, 0.3) is 0 Å². The highest BCUT2D eigenvalue weighted by Crippen LogP contribution is 2.50. The summed E-state index contributed by atoms with van der Waals surface area (Å²) < 4.78 is 10.8. The first-order valence-corrected chi connectivity index (χ1v) is 10.1. The van der Waals surface area contributed by atoms with Crippen molar-refractivity contribution in [2.75, 3.05) is 6.79 Å². The van der Waals surface area contributed by atoms with Crippen molar-refractivity contribution in [3.63, 3.8) is 0 Å². The lowest BCUT2D eigenvalue weighted by Crippen LogP contribution is -2.38. The van der Waals surface area contributed by atoms with Gasteiger partial charge in [-0.2, -0.15) is 0 Å². The van der Waals surface area contributed by atoms with Crippen molar-refractivity contribution < 1.29 is 14.3 Å². The third-order valence-corrected chi connectivity index (χ3v) is 4.97. The number of fused-ring (bicyclic) bond motifs is 2. The van der Waals surface area contributed by atoms with Crippen molar-refractivity contribution in [1.29, 1.82) is 0 Å². The number of nitrogens with one attached hydrogen (secondary N) is 1. The first kappa shape index (κ1) is 19.9. The van der Waals surface area contributed by atoms with Crippen LogP contribution in [0.3, 0.4) is 0 Å². The van der Waals surface area contributed by atoms with E-state index in [1.54, 1.807) is 0 Å². The SMILES string of the molecule is CC.CC.O=C(NC1=Nc2ccccc2C1)C1(c2ccc3c(c2)OCO3)CC1. The lowest BCUT2D eigenvalue weighted by atomic mass is 9.94. The predicted octanol–water partition coefficient (Wildman–Crippen LogP) is 4.90. The van der Waals surface area contributed by atoms with Gasteiger partial charge in [0.1, 0.15) is 5.84 Å². The molecule has 5 heteroatoms. The number of rotatable bonds is 2. The summed E-state index contributed by atoms with van der Waals surface area (Å²) in [6, 6.07) is 13.7. The number of benzene rings is 2.